The van der Waals surface area contributed by atoms with Gasteiger partial charge in [-0.3, -0.25) is 0 Å². The summed E-state index contributed by atoms with van der Waals surface area (Å²) in [7, 11) is -3.35. The maximum absolute atomic E-state index is 12.5. The second-order valence-electron chi connectivity index (χ2n) is 5.43. The first-order valence-corrected chi connectivity index (χ1v) is 8.94. The predicted octanol–water partition coefficient (Wildman–Crippen LogP) is 1.50. The lowest BCUT2D eigenvalue weighted by molar-refractivity contribution is 0.286. The van der Waals surface area contributed by atoms with Crippen LogP contribution in [0.2, 0.25) is 0 Å². The van der Waals surface area contributed by atoms with Crippen LogP contribution in [0.5, 0.6) is 0 Å². The van der Waals surface area contributed by atoms with Gasteiger partial charge >= 0.3 is 0 Å². The van der Waals surface area contributed by atoms with E-state index in [9.17, 15) is 8.42 Å². The minimum Gasteiger partial charge on any atom is -0.395 e. The quantitative estimate of drug-likeness (QED) is 0.835. The molecule has 0 radical (unpaired) electrons. The maximum atomic E-state index is 12.5. The molecule has 1 aliphatic rings. The molecule has 2 N–H and O–H groups in total. The number of aliphatic hydroxyl groups excluding tert-OH is 1. The molecule has 2 rings (SSSR count). The van der Waals surface area contributed by atoms with Crippen LogP contribution in [0.3, 0.4) is 0 Å². The zero-order valence-electron chi connectivity index (χ0n) is 12.5. The Morgan fingerprint density at radius 2 is 1.81 bits per heavy atom. The summed E-state index contributed by atoms with van der Waals surface area (Å²) in [5, 5.41) is 12.0. The first-order valence-electron chi connectivity index (χ1n) is 7.50. The van der Waals surface area contributed by atoms with Crippen LogP contribution < -0.4 is 5.32 Å². The Bertz CT molecular complexity index is 537. The van der Waals surface area contributed by atoms with Crippen molar-refractivity contribution in [1.29, 1.82) is 0 Å². The van der Waals surface area contributed by atoms with Crippen molar-refractivity contribution in [2.75, 3.05) is 26.2 Å². The molecular weight excluding hydrogens is 288 g/mol. The van der Waals surface area contributed by atoms with Crippen molar-refractivity contribution in [3.05, 3.63) is 29.8 Å². The van der Waals surface area contributed by atoms with E-state index in [0.29, 0.717) is 24.5 Å². The van der Waals surface area contributed by atoms with Gasteiger partial charge in [0.25, 0.3) is 0 Å². The smallest absolute Gasteiger partial charge is 0.243 e. The van der Waals surface area contributed by atoms with Gasteiger partial charge in [0.05, 0.1) is 11.5 Å². The van der Waals surface area contributed by atoms with Gasteiger partial charge in [-0.2, -0.15) is 4.31 Å². The van der Waals surface area contributed by atoms with Crippen LogP contribution in [-0.2, 0) is 10.0 Å². The third-order valence-corrected chi connectivity index (χ3v) is 5.81. The zero-order chi connectivity index (χ0) is 15.3. The third kappa shape index (κ3) is 4.03. The Morgan fingerprint density at radius 1 is 1.19 bits per heavy atom. The summed E-state index contributed by atoms with van der Waals surface area (Å²) in [6, 6.07) is 7.12. The van der Waals surface area contributed by atoms with E-state index in [1.807, 2.05) is 19.1 Å². The van der Waals surface area contributed by atoms with Gasteiger partial charge in [0, 0.05) is 25.7 Å². The monoisotopic (exact) mass is 312 g/mol. The van der Waals surface area contributed by atoms with E-state index in [1.54, 1.807) is 16.4 Å². The highest BCUT2D eigenvalue weighted by atomic mass is 32.2. The molecule has 0 bridgehead atoms. The van der Waals surface area contributed by atoms with Crippen LogP contribution in [0.1, 0.15) is 37.8 Å². The standard InChI is InChI=1S/C15H24N2O3S/c1-13(16-9-12-18)14-5-7-15(8-6-14)21(19,20)17-10-3-2-4-11-17/h5-8,13,16,18H,2-4,9-12H2,1H3. The van der Waals surface area contributed by atoms with E-state index >= 15 is 0 Å². The first kappa shape index (κ1) is 16.4. The molecule has 0 saturated carbocycles. The maximum Gasteiger partial charge on any atom is 0.243 e. The van der Waals surface area contributed by atoms with Crippen LogP contribution in [-0.4, -0.2) is 44.1 Å². The summed E-state index contributed by atoms with van der Waals surface area (Å²) < 4.78 is 26.6. The van der Waals surface area contributed by atoms with Gasteiger partial charge in [0.15, 0.2) is 0 Å². The normalized spacial score (nSPS) is 18.6. The number of sulfonamides is 1. The molecule has 1 saturated heterocycles. The van der Waals surface area contributed by atoms with Crippen LogP contribution in [0.25, 0.3) is 0 Å². The van der Waals surface area contributed by atoms with Crippen LogP contribution in [0.15, 0.2) is 29.2 Å². The van der Waals surface area contributed by atoms with Gasteiger partial charge in [0.2, 0.25) is 10.0 Å². The fraction of sp³-hybridized carbons (Fsp3) is 0.600. The predicted molar refractivity (Wildman–Crippen MR) is 82.6 cm³/mol. The van der Waals surface area contributed by atoms with Gasteiger partial charge in [0.1, 0.15) is 0 Å². The molecule has 1 atom stereocenters. The number of benzene rings is 1. The molecule has 0 aliphatic carbocycles. The highest BCUT2D eigenvalue weighted by molar-refractivity contribution is 7.89. The topological polar surface area (TPSA) is 69.6 Å². The molecule has 1 aromatic carbocycles. The van der Waals surface area contributed by atoms with Gasteiger partial charge in [-0.1, -0.05) is 18.6 Å². The molecule has 5 nitrogen and oxygen atoms in total. The molecule has 6 heteroatoms. The third-order valence-electron chi connectivity index (χ3n) is 3.90. The van der Waals surface area contributed by atoms with Crippen molar-refractivity contribution in [3.8, 4) is 0 Å². The number of hydrogen-bond acceptors (Lipinski definition) is 4. The summed E-state index contributed by atoms with van der Waals surface area (Å²) in [5.74, 6) is 0. The van der Waals surface area contributed by atoms with Gasteiger partial charge in [-0.05, 0) is 37.5 Å². The molecule has 118 valence electrons. The van der Waals surface area contributed by atoms with E-state index < -0.39 is 10.0 Å². The van der Waals surface area contributed by atoms with Crippen molar-refractivity contribution < 1.29 is 13.5 Å². The lowest BCUT2D eigenvalue weighted by Gasteiger charge is -2.26. The molecular formula is C15H24N2O3S. The highest BCUT2D eigenvalue weighted by Crippen LogP contribution is 2.22. The second-order valence-corrected chi connectivity index (χ2v) is 7.37. The van der Waals surface area contributed by atoms with E-state index in [1.165, 1.54) is 0 Å². The molecule has 1 fully saturated rings. The summed E-state index contributed by atoms with van der Waals surface area (Å²) in [4.78, 5) is 0.363. The lowest BCUT2D eigenvalue weighted by atomic mass is 10.1. The summed E-state index contributed by atoms with van der Waals surface area (Å²) >= 11 is 0. The molecule has 0 amide bonds. The van der Waals surface area contributed by atoms with Crippen LogP contribution in [0, 0.1) is 0 Å². The molecule has 1 unspecified atom stereocenters. The fourth-order valence-electron chi connectivity index (χ4n) is 2.58. The average molecular weight is 312 g/mol. The van der Waals surface area contributed by atoms with Crippen molar-refractivity contribution in [2.24, 2.45) is 0 Å². The molecule has 21 heavy (non-hydrogen) atoms. The first-order chi connectivity index (χ1) is 10.1. The summed E-state index contributed by atoms with van der Waals surface area (Å²) in [6.07, 6.45) is 3.00. The van der Waals surface area contributed by atoms with Crippen LogP contribution in [0.4, 0.5) is 0 Å². The second kappa shape index (κ2) is 7.35. The lowest BCUT2D eigenvalue weighted by Crippen LogP contribution is -2.35. The Morgan fingerprint density at radius 3 is 2.38 bits per heavy atom. The fourth-order valence-corrected chi connectivity index (χ4v) is 4.10. The molecule has 0 spiro atoms. The summed E-state index contributed by atoms with van der Waals surface area (Å²) in [6.45, 7) is 3.85. The number of rotatable bonds is 6. The summed E-state index contributed by atoms with van der Waals surface area (Å²) in [5.41, 5.74) is 1.01. The SMILES string of the molecule is CC(NCCO)c1ccc(S(=O)(=O)N2CCCCC2)cc1. The van der Waals surface area contributed by atoms with Crippen molar-refractivity contribution in [3.63, 3.8) is 0 Å². The number of nitrogens with one attached hydrogen (secondary N) is 1. The number of hydrogen-bond donors (Lipinski definition) is 2. The van der Waals surface area contributed by atoms with E-state index in [-0.39, 0.29) is 12.6 Å². The van der Waals surface area contributed by atoms with E-state index in [2.05, 4.69) is 5.32 Å². The largest absolute Gasteiger partial charge is 0.395 e. The van der Waals surface area contributed by atoms with Crippen molar-refractivity contribution in [1.82, 2.24) is 9.62 Å². The van der Waals surface area contributed by atoms with Crippen molar-refractivity contribution in [2.45, 2.75) is 37.1 Å². The van der Waals surface area contributed by atoms with Gasteiger partial charge in [-0.15, -0.1) is 0 Å². The Balaban J connectivity index is 2.10. The van der Waals surface area contributed by atoms with Crippen LogP contribution >= 0.6 is 0 Å². The molecule has 1 aromatic rings. The van der Waals surface area contributed by atoms with E-state index in [0.717, 1.165) is 24.8 Å². The average Bonchev–Trinajstić information content (AvgIpc) is 2.53. The molecule has 1 aliphatic heterocycles. The van der Waals surface area contributed by atoms with Gasteiger partial charge < -0.3 is 10.4 Å². The number of nitrogens with zero attached hydrogens (tertiary/aromatic N) is 1. The Hall–Kier alpha value is -0.950. The molecule has 1 heterocycles. The van der Waals surface area contributed by atoms with Crippen molar-refractivity contribution >= 4 is 10.0 Å². The number of aliphatic hydroxyl groups is 1. The minimum absolute atomic E-state index is 0.0869. The van der Waals surface area contributed by atoms with E-state index in [4.69, 9.17) is 5.11 Å². The highest BCUT2D eigenvalue weighted by Gasteiger charge is 2.25. The Labute approximate surface area is 127 Å². The van der Waals surface area contributed by atoms with Gasteiger partial charge in [-0.25, -0.2) is 8.42 Å². The molecule has 0 aromatic heterocycles. The zero-order valence-corrected chi connectivity index (χ0v) is 13.3. The number of piperidine rings is 1. The Kier molecular flexibility index (Phi) is 5.75. The minimum atomic E-state index is -3.35.